The number of halogens is 3. The Morgan fingerprint density at radius 3 is 2.42 bits per heavy atom. The van der Waals surface area contributed by atoms with E-state index in [1.165, 1.54) is 16.8 Å². The molecule has 0 radical (unpaired) electrons. The molecule has 0 spiro atoms. The summed E-state index contributed by atoms with van der Waals surface area (Å²) in [6.45, 7) is 0.540. The minimum absolute atomic E-state index is 0.540. The molecule has 0 saturated heterocycles. The molecule has 1 heterocycles. The molecule has 0 amide bonds. The van der Waals surface area contributed by atoms with Crippen molar-refractivity contribution in [1.82, 2.24) is 15.0 Å². The number of nitrogens with zero attached hydrogens (tertiary/aromatic N) is 3. The smallest absolute Gasteiger partial charge is 0.330 e. The number of rotatable bonds is 4. The lowest BCUT2D eigenvalue weighted by molar-refractivity contribution is -0.137. The van der Waals surface area contributed by atoms with Crippen molar-refractivity contribution in [3.8, 4) is 5.69 Å². The first-order chi connectivity index (χ1) is 9.02. The van der Waals surface area contributed by atoms with Crippen molar-refractivity contribution in [2.75, 3.05) is 6.54 Å². The molecule has 0 atom stereocenters. The van der Waals surface area contributed by atoms with Crippen LogP contribution in [0.15, 0.2) is 30.5 Å². The van der Waals surface area contributed by atoms with Gasteiger partial charge in [0.05, 0.1) is 23.1 Å². The fourth-order valence-electron chi connectivity index (χ4n) is 1.72. The second kappa shape index (κ2) is 5.40. The first-order valence-corrected chi connectivity index (χ1v) is 5.79. The molecule has 0 aliphatic carbocycles. The Morgan fingerprint density at radius 1 is 1.16 bits per heavy atom. The van der Waals surface area contributed by atoms with E-state index in [1.54, 1.807) is 6.20 Å². The van der Waals surface area contributed by atoms with Crippen LogP contribution in [0.3, 0.4) is 0 Å². The molecule has 1 aromatic carbocycles. The summed E-state index contributed by atoms with van der Waals surface area (Å²) in [5.74, 6) is 0. The van der Waals surface area contributed by atoms with Crippen LogP contribution in [0, 0.1) is 0 Å². The zero-order valence-electron chi connectivity index (χ0n) is 10.1. The Hall–Kier alpha value is -1.89. The zero-order valence-corrected chi connectivity index (χ0v) is 10.1. The number of aryl methyl sites for hydroxylation is 1. The molecule has 0 fully saturated rings. The van der Waals surface area contributed by atoms with Crippen LogP contribution in [0.4, 0.5) is 13.2 Å². The molecule has 0 saturated carbocycles. The Labute approximate surface area is 108 Å². The summed E-state index contributed by atoms with van der Waals surface area (Å²) in [5.41, 5.74) is 6.12. The highest BCUT2D eigenvalue weighted by molar-refractivity contribution is 5.35. The summed E-state index contributed by atoms with van der Waals surface area (Å²) in [5, 5.41) is 7.65. The van der Waals surface area contributed by atoms with Gasteiger partial charge in [0.25, 0.3) is 0 Å². The maximum absolute atomic E-state index is 12.5. The van der Waals surface area contributed by atoms with E-state index in [-0.39, 0.29) is 0 Å². The van der Waals surface area contributed by atoms with Gasteiger partial charge in [-0.05, 0) is 43.7 Å². The van der Waals surface area contributed by atoms with Crippen molar-refractivity contribution in [3.05, 3.63) is 41.7 Å². The molecule has 0 aliphatic rings. The minimum Gasteiger partial charge on any atom is -0.330 e. The fraction of sp³-hybridized carbons (Fsp3) is 0.333. The van der Waals surface area contributed by atoms with E-state index < -0.39 is 11.7 Å². The maximum atomic E-state index is 12.5. The highest BCUT2D eigenvalue weighted by Crippen LogP contribution is 2.29. The molecule has 0 aliphatic heterocycles. The first-order valence-electron chi connectivity index (χ1n) is 5.79. The van der Waals surface area contributed by atoms with Crippen molar-refractivity contribution < 1.29 is 13.2 Å². The van der Waals surface area contributed by atoms with Crippen LogP contribution in [-0.4, -0.2) is 21.5 Å². The zero-order chi connectivity index (χ0) is 13.9. The Balaban J connectivity index is 2.25. The lowest BCUT2D eigenvalue weighted by Crippen LogP contribution is -2.08. The second-order valence-electron chi connectivity index (χ2n) is 4.07. The van der Waals surface area contributed by atoms with E-state index in [9.17, 15) is 13.2 Å². The number of benzene rings is 1. The SMILES string of the molecule is NCCCc1cnnn1-c1ccc(C(F)(F)F)cc1. The van der Waals surface area contributed by atoms with Gasteiger partial charge >= 0.3 is 6.18 Å². The molecule has 102 valence electrons. The van der Waals surface area contributed by atoms with E-state index >= 15 is 0 Å². The highest BCUT2D eigenvalue weighted by Gasteiger charge is 2.30. The van der Waals surface area contributed by atoms with E-state index in [2.05, 4.69) is 10.3 Å². The fourth-order valence-corrected chi connectivity index (χ4v) is 1.72. The summed E-state index contributed by atoms with van der Waals surface area (Å²) in [6, 6.07) is 4.82. The van der Waals surface area contributed by atoms with Crippen LogP contribution < -0.4 is 5.73 Å². The maximum Gasteiger partial charge on any atom is 0.416 e. The molecule has 2 N–H and O–H groups in total. The highest BCUT2D eigenvalue weighted by atomic mass is 19.4. The molecule has 2 aromatic rings. The summed E-state index contributed by atoms with van der Waals surface area (Å²) in [7, 11) is 0. The van der Waals surface area contributed by atoms with Gasteiger partial charge < -0.3 is 5.73 Å². The van der Waals surface area contributed by atoms with Gasteiger partial charge in [-0.3, -0.25) is 0 Å². The Kier molecular flexibility index (Phi) is 3.84. The third-order valence-electron chi connectivity index (χ3n) is 2.70. The molecule has 1 aromatic heterocycles. The third kappa shape index (κ3) is 3.11. The predicted molar refractivity (Wildman–Crippen MR) is 63.7 cm³/mol. The van der Waals surface area contributed by atoms with Gasteiger partial charge in [0.15, 0.2) is 0 Å². The number of hydrogen-bond donors (Lipinski definition) is 1. The lowest BCUT2D eigenvalue weighted by Gasteiger charge is -2.09. The van der Waals surface area contributed by atoms with Crippen LogP contribution >= 0.6 is 0 Å². The van der Waals surface area contributed by atoms with Crippen LogP contribution in [0.5, 0.6) is 0 Å². The molecule has 19 heavy (non-hydrogen) atoms. The average Bonchev–Trinajstić information content (AvgIpc) is 2.83. The molecular weight excluding hydrogens is 257 g/mol. The molecule has 7 heteroatoms. The average molecular weight is 270 g/mol. The van der Waals surface area contributed by atoms with Crippen molar-refractivity contribution in [2.45, 2.75) is 19.0 Å². The molecule has 0 unspecified atom stereocenters. The van der Waals surface area contributed by atoms with Gasteiger partial charge in [-0.15, -0.1) is 5.10 Å². The third-order valence-corrected chi connectivity index (χ3v) is 2.70. The van der Waals surface area contributed by atoms with Gasteiger partial charge in [0.1, 0.15) is 0 Å². The number of aromatic nitrogens is 3. The van der Waals surface area contributed by atoms with E-state index in [0.717, 1.165) is 24.2 Å². The lowest BCUT2D eigenvalue weighted by atomic mass is 10.2. The largest absolute Gasteiger partial charge is 0.416 e. The Morgan fingerprint density at radius 2 is 1.84 bits per heavy atom. The molecular formula is C12H13F3N4. The molecule has 2 rings (SSSR count). The summed E-state index contributed by atoms with van der Waals surface area (Å²) in [6.07, 6.45) is -1.28. The van der Waals surface area contributed by atoms with Crippen molar-refractivity contribution in [1.29, 1.82) is 0 Å². The summed E-state index contributed by atoms with van der Waals surface area (Å²) in [4.78, 5) is 0. The number of hydrogen-bond acceptors (Lipinski definition) is 3. The van der Waals surface area contributed by atoms with Crippen molar-refractivity contribution in [2.24, 2.45) is 5.73 Å². The van der Waals surface area contributed by atoms with Gasteiger partial charge in [0.2, 0.25) is 0 Å². The van der Waals surface area contributed by atoms with Crippen LogP contribution in [0.2, 0.25) is 0 Å². The topological polar surface area (TPSA) is 56.7 Å². The number of nitrogens with two attached hydrogens (primary N) is 1. The standard InChI is InChI=1S/C12H13F3N4/c13-12(14,15)9-3-5-10(6-4-9)19-11(2-1-7-16)8-17-18-19/h3-6,8H,1-2,7,16H2. The normalized spacial score (nSPS) is 11.8. The van der Waals surface area contributed by atoms with Crippen molar-refractivity contribution >= 4 is 0 Å². The predicted octanol–water partition coefficient (Wildman–Crippen LogP) is 2.18. The van der Waals surface area contributed by atoms with E-state index in [0.29, 0.717) is 18.7 Å². The minimum atomic E-state index is -4.33. The number of alkyl halides is 3. The van der Waals surface area contributed by atoms with Gasteiger partial charge in [0, 0.05) is 0 Å². The van der Waals surface area contributed by atoms with Gasteiger partial charge in [-0.2, -0.15) is 13.2 Å². The summed E-state index contributed by atoms with van der Waals surface area (Å²) >= 11 is 0. The van der Waals surface area contributed by atoms with Crippen LogP contribution in [-0.2, 0) is 12.6 Å². The van der Waals surface area contributed by atoms with Gasteiger partial charge in [-0.25, -0.2) is 4.68 Å². The second-order valence-corrected chi connectivity index (χ2v) is 4.07. The Bertz CT molecular complexity index is 531. The molecule has 4 nitrogen and oxygen atoms in total. The summed E-state index contributed by atoms with van der Waals surface area (Å²) < 4.78 is 38.9. The van der Waals surface area contributed by atoms with E-state index in [4.69, 9.17) is 5.73 Å². The van der Waals surface area contributed by atoms with Gasteiger partial charge in [-0.1, -0.05) is 5.21 Å². The monoisotopic (exact) mass is 270 g/mol. The van der Waals surface area contributed by atoms with Crippen LogP contribution in [0.25, 0.3) is 5.69 Å². The first kappa shape index (κ1) is 13.5. The molecule has 0 bridgehead atoms. The van der Waals surface area contributed by atoms with Crippen LogP contribution in [0.1, 0.15) is 17.7 Å². The quantitative estimate of drug-likeness (QED) is 0.926. The van der Waals surface area contributed by atoms with E-state index in [1.807, 2.05) is 0 Å². The van der Waals surface area contributed by atoms with Crippen molar-refractivity contribution in [3.63, 3.8) is 0 Å².